The van der Waals surface area contributed by atoms with Crippen LogP contribution in [-0.4, -0.2) is 20.7 Å². The van der Waals surface area contributed by atoms with Crippen molar-refractivity contribution in [2.75, 3.05) is 5.32 Å². The third kappa shape index (κ3) is 3.00. The molecule has 26 heavy (non-hydrogen) atoms. The summed E-state index contributed by atoms with van der Waals surface area (Å²) in [6, 6.07) is 4.21. The Bertz CT molecular complexity index is 968. The number of fused-ring (bicyclic) bond motifs is 2. The van der Waals surface area contributed by atoms with Crippen LogP contribution in [0.5, 0.6) is 0 Å². The lowest BCUT2D eigenvalue weighted by molar-refractivity contribution is -0.115. The third-order valence-corrected chi connectivity index (χ3v) is 5.13. The molecule has 1 amide bonds. The van der Waals surface area contributed by atoms with Gasteiger partial charge in [0.1, 0.15) is 11.4 Å². The van der Waals surface area contributed by atoms with Crippen molar-refractivity contribution in [1.82, 2.24) is 14.8 Å². The van der Waals surface area contributed by atoms with Gasteiger partial charge in [0.05, 0.1) is 12.7 Å². The first kappa shape index (κ1) is 16.8. The number of benzene rings is 1. The molecule has 0 aliphatic carbocycles. The van der Waals surface area contributed by atoms with E-state index >= 15 is 0 Å². The highest BCUT2D eigenvalue weighted by Crippen LogP contribution is 2.29. The van der Waals surface area contributed by atoms with Gasteiger partial charge >= 0.3 is 0 Å². The van der Waals surface area contributed by atoms with Crippen LogP contribution in [0.2, 0.25) is 0 Å². The number of carbonyl (C=O) groups is 1. The number of anilines is 1. The van der Waals surface area contributed by atoms with Crippen LogP contribution >= 0.6 is 0 Å². The SMILES string of the molecule is Cc1cc2occ(CC(=O)Nc3nnc4n3CCCC4)c2cc1C(C)C. The maximum Gasteiger partial charge on any atom is 0.231 e. The van der Waals surface area contributed by atoms with E-state index in [2.05, 4.69) is 48.4 Å². The summed E-state index contributed by atoms with van der Waals surface area (Å²) < 4.78 is 7.69. The minimum atomic E-state index is -0.0971. The molecule has 0 fully saturated rings. The van der Waals surface area contributed by atoms with Gasteiger partial charge in [-0.25, -0.2) is 0 Å². The molecule has 2 aromatic heterocycles. The number of hydrogen-bond acceptors (Lipinski definition) is 4. The van der Waals surface area contributed by atoms with Crippen molar-refractivity contribution >= 4 is 22.8 Å². The summed E-state index contributed by atoms with van der Waals surface area (Å²) in [5, 5.41) is 12.2. The highest BCUT2D eigenvalue weighted by atomic mass is 16.3. The van der Waals surface area contributed by atoms with Gasteiger partial charge in [-0.15, -0.1) is 10.2 Å². The molecule has 0 bridgehead atoms. The number of aromatic nitrogens is 3. The summed E-state index contributed by atoms with van der Waals surface area (Å²) in [5.41, 5.74) is 4.23. The first-order valence-electron chi connectivity index (χ1n) is 9.25. The molecule has 0 atom stereocenters. The second-order valence-electron chi connectivity index (χ2n) is 7.39. The molecule has 6 nitrogen and oxygen atoms in total. The van der Waals surface area contributed by atoms with Gasteiger partial charge < -0.3 is 4.42 Å². The van der Waals surface area contributed by atoms with Gasteiger partial charge in [-0.3, -0.25) is 14.7 Å². The molecule has 4 rings (SSSR count). The van der Waals surface area contributed by atoms with Gasteiger partial charge in [0, 0.05) is 23.9 Å². The van der Waals surface area contributed by atoms with Crippen molar-refractivity contribution in [3.8, 4) is 0 Å². The monoisotopic (exact) mass is 352 g/mol. The van der Waals surface area contributed by atoms with E-state index in [0.29, 0.717) is 11.9 Å². The number of amides is 1. The van der Waals surface area contributed by atoms with Crippen molar-refractivity contribution < 1.29 is 9.21 Å². The zero-order valence-corrected chi connectivity index (χ0v) is 15.5. The van der Waals surface area contributed by atoms with E-state index in [9.17, 15) is 4.79 Å². The van der Waals surface area contributed by atoms with Crippen LogP contribution in [0.4, 0.5) is 5.95 Å². The number of rotatable bonds is 4. The summed E-state index contributed by atoms with van der Waals surface area (Å²) >= 11 is 0. The van der Waals surface area contributed by atoms with Crippen LogP contribution in [0.3, 0.4) is 0 Å². The van der Waals surface area contributed by atoms with Crippen LogP contribution in [0.15, 0.2) is 22.8 Å². The Morgan fingerprint density at radius 2 is 2.15 bits per heavy atom. The lowest BCUT2D eigenvalue weighted by Gasteiger charge is -2.14. The molecule has 3 heterocycles. The summed E-state index contributed by atoms with van der Waals surface area (Å²) in [7, 11) is 0. The van der Waals surface area contributed by atoms with Gasteiger partial charge in [0.2, 0.25) is 11.9 Å². The Kier molecular flexibility index (Phi) is 4.26. The highest BCUT2D eigenvalue weighted by Gasteiger charge is 2.19. The molecule has 1 N–H and O–H groups in total. The van der Waals surface area contributed by atoms with Crippen LogP contribution in [0.1, 0.15) is 55.1 Å². The predicted molar refractivity (Wildman–Crippen MR) is 100 cm³/mol. The zero-order chi connectivity index (χ0) is 18.3. The van der Waals surface area contributed by atoms with Gasteiger partial charge in [0.25, 0.3) is 0 Å². The highest BCUT2D eigenvalue weighted by molar-refractivity contribution is 5.94. The van der Waals surface area contributed by atoms with Crippen LogP contribution < -0.4 is 5.32 Å². The van der Waals surface area contributed by atoms with Gasteiger partial charge in [-0.1, -0.05) is 13.8 Å². The van der Waals surface area contributed by atoms with Gasteiger partial charge in [0.15, 0.2) is 0 Å². The fourth-order valence-electron chi connectivity index (χ4n) is 3.75. The number of carbonyl (C=O) groups excluding carboxylic acids is 1. The molecule has 0 saturated heterocycles. The van der Waals surface area contributed by atoms with E-state index in [4.69, 9.17) is 4.42 Å². The Hall–Kier alpha value is -2.63. The van der Waals surface area contributed by atoms with Crippen LogP contribution in [0, 0.1) is 6.92 Å². The molecule has 0 unspecified atom stereocenters. The Morgan fingerprint density at radius 1 is 1.31 bits per heavy atom. The fourth-order valence-corrected chi connectivity index (χ4v) is 3.75. The molecular weight excluding hydrogens is 328 g/mol. The molecule has 1 aliphatic rings. The number of nitrogens with zero attached hydrogens (tertiary/aromatic N) is 3. The molecule has 0 spiro atoms. The first-order valence-corrected chi connectivity index (χ1v) is 9.25. The lowest BCUT2D eigenvalue weighted by Crippen LogP contribution is -2.20. The van der Waals surface area contributed by atoms with E-state index in [0.717, 1.165) is 48.2 Å². The standard InChI is InChI=1S/C20H24N4O2/c1-12(2)15-10-16-14(11-26-17(16)8-13(15)3)9-19(25)21-20-23-22-18-6-4-5-7-24(18)20/h8,10-12H,4-7,9H2,1-3H3,(H,21,23,25). The largest absolute Gasteiger partial charge is 0.464 e. The van der Waals surface area contributed by atoms with E-state index < -0.39 is 0 Å². The Balaban J connectivity index is 1.56. The topological polar surface area (TPSA) is 73.0 Å². The summed E-state index contributed by atoms with van der Waals surface area (Å²) in [4.78, 5) is 12.6. The van der Waals surface area contributed by atoms with Gasteiger partial charge in [-0.2, -0.15) is 0 Å². The number of nitrogens with one attached hydrogen (secondary N) is 1. The average molecular weight is 352 g/mol. The minimum Gasteiger partial charge on any atom is -0.464 e. The zero-order valence-electron chi connectivity index (χ0n) is 15.5. The molecule has 136 valence electrons. The Morgan fingerprint density at radius 3 is 2.96 bits per heavy atom. The molecule has 6 heteroatoms. The van der Waals surface area contributed by atoms with Crippen molar-refractivity contribution in [3.05, 3.63) is 40.9 Å². The molecular formula is C20H24N4O2. The average Bonchev–Trinajstić information content (AvgIpc) is 3.18. The summed E-state index contributed by atoms with van der Waals surface area (Å²) in [6.07, 6.45) is 5.09. The van der Waals surface area contributed by atoms with E-state index in [1.807, 2.05) is 4.57 Å². The number of aryl methyl sites for hydroxylation is 2. The maximum absolute atomic E-state index is 12.6. The first-order chi connectivity index (χ1) is 12.5. The van der Waals surface area contributed by atoms with E-state index in [1.165, 1.54) is 11.1 Å². The molecule has 0 radical (unpaired) electrons. The number of hydrogen-bond donors (Lipinski definition) is 1. The molecule has 1 aromatic carbocycles. The minimum absolute atomic E-state index is 0.0971. The smallest absolute Gasteiger partial charge is 0.231 e. The Labute approximate surface area is 152 Å². The molecule has 0 saturated carbocycles. The van der Waals surface area contributed by atoms with Crippen LogP contribution in [0.25, 0.3) is 11.0 Å². The molecule has 3 aromatic rings. The fraction of sp³-hybridized carbons (Fsp3) is 0.450. The van der Waals surface area contributed by atoms with E-state index in [-0.39, 0.29) is 12.3 Å². The van der Waals surface area contributed by atoms with Crippen molar-refractivity contribution in [1.29, 1.82) is 0 Å². The third-order valence-electron chi connectivity index (χ3n) is 5.13. The second kappa shape index (κ2) is 6.59. The van der Waals surface area contributed by atoms with Crippen molar-refractivity contribution in [2.24, 2.45) is 0 Å². The molecule has 1 aliphatic heterocycles. The van der Waals surface area contributed by atoms with E-state index in [1.54, 1.807) is 6.26 Å². The normalized spacial score (nSPS) is 14.0. The quantitative estimate of drug-likeness (QED) is 0.771. The second-order valence-corrected chi connectivity index (χ2v) is 7.39. The van der Waals surface area contributed by atoms with Gasteiger partial charge in [-0.05, 0) is 48.9 Å². The predicted octanol–water partition coefficient (Wildman–Crippen LogP) is 3.97. The maximum atomic E-state index is 12.6. The summed E-state index contributed by atoms with van der Waals surface area (Å²) in [5.74, 6) is 1.84. The van der Waals surface area contributed by atoms with Crippen LogP contribution in [-0.2, 0) is 24.2 Å². The number of furan rings is 1. The lowest BCUT2D eigenvalue weighted by atomic mass is 9.95. The summed E-state index contributed by atoms with van der Waals surface area (Å²) in [6.45, 7) is 7.31. The van der Waals surface area contributed by atoms with Crippen molar-refractivity contribution in [2.45, 2.75) is 58.9 Å². The van der Waals surface area contributed by atoms with Crippen molar-refractivity contribution in [3.63, 3.8) is 0 Å².